The maximum absolute atomic E-state index is 5.59. The molecule has 0 aliphatic heterocycles. The van der Waals surface area contributed by atoms with Crippen LogP contribution in [0.15, 0.2) is 18.2 Å². The van der Waals surface area contributed by atoms with Crippen molar-refractivity contribution < 1.29 is 0 Å². The predicted molar refractivity (Wildman–Crippen MR) is 69.8 cm³/mol. The Kier molecular flexibility index (Phi) is 3.30. The molecule has 0 bridgehead atoms. The van der Waals surface area contributed by atoms with Gasteiger partial charge in [-0.15, -0.1) is 0 Å². The average Bonchev–Trinajstić information content (AvgIpc) is 2.61. The first kappa shape index (κ1) is 11.2. The molecule has 0 fully saturated rings. The second-order valence-corrected chi connectivity index (χ2v) is 4.35. The molecule has 0 atom stereocenters. The van der Waals surface area contributed by atoms with Gasteiger partial charge in [-0.3, -0.25) is 0 Å². The second kappa shape index (κ2) is 4.71. The van der Waals surface area contributed by atoms with Crippen LogP contribution in [0.25, 0.3) is 10.9 Å². The number of fused-ring (bicyclic) bond motifs is 1. The zero-order valence-electron chi connectivity index (χ0n) is 10.1. The molecule has 1 heterocycles. The quantitative estimate of drug-likeness (QED) is 0.810. The fourth-order valence-electron chi connectivity index (χ4n) is 2.25. The molecular weight excluding hydrogens is 196 g/mol. The van der Waals surface area contributed by atoms with Gasteiger partial charge in [0.05, 0.1) is 0 Å². The third-order valence-corrected chi connectivity index (χ3v) is 3.22. The predicted octanol–water partition coefficient (Wildman–Crippen LogP) is 2.93. The lowest BCUT2D eigenvalue weighted by atomic mass is 10.0. The average molecular weight is 216 g/mol. The molecule has 0 spiro atoms. The van der Waals surface area contributed by atoms with Gasteiger partial charge in [-0.2, -0.15) is 0 Å². The summed E-state index contributed by atoms with van der Waals surface area (Å²) in [5.41, 5.74) is 11.0. The lowest BCUT2D eigenvalue weighted by Crippen LogP contribution is -2.00. The Morgan fingerprint density at radius 2 is 2.12 bits per heavy atom. The van der Waals surface area contributed by atoms with Crippen molar-refractivity contribution >= 4 is 10.9 Å². The smallest absolute Gasteiger partial charge is 0.0459 e. The third-order valence-electron chi connectivity index (χ3n) is 3.22. The largest absolute Gasteiger partial charge is 0.358 e. The standard InChI is InChI=1S/C14H20N2/c1-3-11-6-7-14-13(9-11)12(5-4-8-15)10(2)16-14/h6-7,9,16H,3-5,8,15H2,1-2H3. The van der Waals surface area contributed by atoms with Crippen LogP contribution in [-0.4, -0.2) is 11.5 Å². The lowest BCUT2D eigenvalue weighted by Gasteiger charge is -2.01. The summed E-state index contributed by atoms with van der Waals surface area (Å²) in [5, 5.41) is 1.38. The molecular formula is C14H20N2. The van der Waals surface area contributed by atoms with Gasteiger partial charge in [0, 0.05) is 16.6 Å². The Bertz CT molecular complexity index is 483. The molecule has 2 heteroatoms. The van der Waals surface area contributed by atoms with Gasteiger partial charge >= 0.3 is 0 Å². The number of hydrogen-bond donors (Lipinski definition) is 2. The molecule has 86 valence electrons. The van der Waals surface area contributed by atoms with E-state index >= 15 is 0 Å². The van der Waals surface area contributed by atoms with E-state index in [1.165, 1.54) is 27.7 Å². The van der Waals surface area contributed by atoms with Crippen LogP contribution in [0.5, 0.6) is 0 Å². The summed E-state index contributed by atoms with van der Waals surface area (Å²) in [7, 11) is 0. The number of benzene rings is 1. The minimum absolute atomic E-state index is 0.763. The number of aromatic amines is 1. The zero-order valence-corrected chi connectivity index (χ0v) is 10.1. The van der Waals surface area contributed by atoms with Gasteiger partial charge in [-0.1, -0.05) is 13.0 Å². The number of nitrogens with two attached hydrogens (primary N) is 1. The van der Waals surface area contributed by atoms with Crippen molar-refractivity contribution in [2.75, 3.05) is 6.54 Å². The molecule has 0 radical (unpaired) electrons. The highest BCUT2D eigenvalue weighted by Gasteiger charge is 2.07. The molecule has 0 aliphatic carbocycles. The molecule has 3 N–H and O–H groups in total. The van der Waals surface area contributed by atoms with Crippen molar-refractivity contribution in [3.8, 4) is 0 Å². The van der Waals surface area contributed by atoms with Gasteiger partial charge in [0.15, 0.2) is 0 Å². The maximum atomic E-state index is 5.59. The number of nitrogens with one attached hydrogen (secondary N) is 1. The summed E-state index contributed by atoms with van der Waals surface area (Å²) in [6, 6.07) is 6.70. The molecule has 0 aliphatic rings. The summed E-state index contributed by atoms with van der Waals surface area (Å²) in [6.07, 6.45) is 3.23. The Labute approximate surface area is 96.9 Å². The van der Waals surface area contributed by atoms with E-state index in [9.17, 15) is 0 Å². The van der Waals surface area contributed by atoms with E-state index in [0.717, 1.165) is 25.8 Å². The number of aryl methyl sites for hydroxylation is 3. The molecule has 2 rings (SSSR count). The Morgan fingerprint density at radius 1 is 1.31 bits per heavy atom. The van der Waals surface area contributed by atoms with Crippen molar-refractivity contribution in [2.45, 2.75) is 33.1 Å². The molecule has 1 aromatic heterocycles. The first-order chi connectivity index (χ1) is 7.76. The van der Waals surface area contributed by atoms with Crippen molar-refractivity contribution in [1.82, 2.24) is 4.98 Å². The minimum atomic E-state index is 0.763. The van der Waals surface area contributed by atoms with E-state index in [-0.39, 0.29) is 0 Å². The Balaban J connectivity index is 2.48. The Hall–Kier alpha value is -1.28. The lowest BCUT2D eigenvalue weighted by molar-refractivity contribution is 0.831. The summed E-state index contributed by atoms with van der Waals surface area (Å²) in [5.74, 6) is 0. The highest BCUT2D eigenvalue weighted by Crippen LogP contribution is 2.24. The molecule has 0 saturated carbocycles. The van der Waals surface area contributed by atoms with Crippen LogP contribution < -0.4 is 5.73 Å². The summed E-state index contributed by atoms with van der Waals surface area (Å²) in [4.78, 5) is 3.45. The van der Waals surface area contributed by atoms with Crippen molar-refractivity contribution in [3.63, 3.8) is 0 Å². The monoisotopic (exact) mass is 216 g/mol. The topological polar surface area (TPSA) is 41.8 Å². The number of hydrogen-bond acceptors (Lipinski definition) is 1. The second-order valence-electron chi connectivity index (χ2n) is 4.35. The van der Waals surface area contributed by atoms with Crippen molar-refractivity contribution in [1.29, 1.82) is 0 Å². The first-order valence-electron chi connectivity index (χ1n) is 6.06. The summed E-state index contributed by atoms with van der Waals surface area (Å²) in [6.45, 7) is 5.11. The zero-order chi connectivity index (χ0) is 11.5. The van der Waals surface area contributed by atoms with E-state index in [4.69, 9.17) is 5.73 Å². The number of H-pyrrole nitrogens is 1. The maximum Gasteiger partial charge on any atom is 0.0459 e. The Morgan fingerprint density at radius 3 is 2.81 bits per heavy atom. The van der Waals surface area contributed by atoms with Crippen molar-refractivity contribution in [2.24, 2.45) is 5.73 Å². The fraction of sp³-hybridized carbons (Fsp3) is 0.429. The van der Waals surface area contributed by atoms with Crippen LogP contribution in [0.3, 0.4) is 0 Å². The van der Waals surface area contributed by atoms with Gasteiger partial charge in [0.1, 0.15) is 0 Å². The molecule has 0 saturated heterocycles. The van der Waals surface area contributed by atoms with Gasteiger partial charge in [-0.05, 0) is 56.0 Å². The molecule has 1 aromatic carbocycles. The highest BCUT2D eigenvalue weighted by molar-refractivity contribution is 5.85. The SMILES string of the molecule is CCc1ccc2[nH]c(C)c(CCCN)c2c1. The van der Waals surface area contributed by atoms with Crippen LogP contribution >= 0.6 is 0 Å². The van der Waals surface area contributed by atoms with Crippen LogP contribution in [0.4, 0.5) is 0 Å². The van der Waals surface area contributed by atoms with Crippen LogP contribution in [0.2, 0.25) is 0 Å². The van der Waals surface area contributed by atoms with Crippen LogP contribution in [-0.2, 0) is 12.8 Å². The molecule has 2 aromatic rings. The van der Waals surface area contributed by atoms with Crippen LogP contribution in [0.1, 0.15) is 30.2 Å². The summed E-state index contributed by atoms with van der Waals surface area (Å²) >= 11 is 0. The van der Waals surface area contributed by atoms with Gasteiger partial charge in [0.25, 0.3) is 0 Å². The van der Waals surface area contributed by atoms with Gasteiger partial charge < -0.3 is 10.7 Å². The van der Waals surface area contributed by atoms with E-state index < -0.39 is 0 Å². The normalized spacial score (nSPS) is 11.2. The van der Waals surface area contributed by atoms with Gasteiger partial charge in [-0.25, -0.2) is 0 Å². The van der Waals surface area contributed by atoms with Crippen LogP contribution in [0, 0.1) is 6.92 Å². The van der Waals surface area contributed by atoms with Gasteiger partial charge in [0.2, 0.25) is 0 Å². The van der Waals surface area contributed by atoms with E-state index in [1.54, 1.807) is 0 Å². The highest BCUT2D eigenvalue weighted by atomic mass is 14.7. The molecule has 2 nitrogen and oxygen atoms in total. The van der Waals surface area contributed by atoms with E-state index in [1.807, 2.05) is 0 Å². The first-order valence-corrected chi connectivity index (χ1v) is 6.06. The molecule has 0 unspecified atom stereocenters. The summed E-state index contributed by atoms with van der Waals surface area (Å²) < 4.78 is 0. The number of aromatic nitrogens is 1. The third kappa shape index (κ3) is 1.98. The van der Waals surface area contributed by atoms with E-state index in [0.29, 0.717) is 0 Å². The minimum Gasteiger partial charge on any atom is -0.358 e. The molecule has 0 amide bonds. The van der Waals surface area contributed by atoms with E-state index in [2.05, 4.69) is 37.0 Å². The molecule has 16 heavy (non-hydrogen) atoms. The fourth-order valence-corrected chi connectivity index (χ4v) is 2.25. The van der Waals surface area contributed by atoms with Crippen molar-refractivity contribution in [3.05, 3.63) is 35.0 Å². The number of rotatable bonds is 4.